The maximum Gasteiger partial charge on any atom is 0.119 e. The Kier molecular flexibility index (Phi) is 3.04. The van der Waals surface area contributed by atoms with Crippen molar-refractivity contribution in [1.29, 1.82) is 0 Å². The minimum absolute atomic E-state index is 0.373. The van der Waals surface area contributed by atoms with Gasteiger partial charge >= 0.3 is 0 Å². The monoisotopic (exact) mass is 232 g/mol. The number of rotatable bonds is 3. The summed E-state index contributed by atoms with van der Waals surface area (Å²) in [6.45, 7) is 0.702. The zero-order valence-electron chi connectivity index (χ0n) is 10.1. The van der Waals surface area contributed by atoms with E-state index in [-0.39, 0.29) is 0 Å². The Morgan fingerprint density at radius 1 is 1.12 bits per heavy atom. The lowest BCUT2D eigenvalue weighted by atomic mass is 10.0. The third kappa shape index (κ3) is 2.17. The first-order valence-electron chi connectivity index (χ1n) is 6.54. The Morgan fingerprint density at radius 3 is 2.35 bits per heavy atom. The van der Waals surface area contributed by atoms with Gasteiger partial charge in [0.25, 0.3) is 0 Å². The Hall–Kier alpha value is -1.06. The highest BCUT2D eigenvalue weighted by Crippen LogP contribution is 2.36. The van der Waals surface area contributed by atoms with E-state index < -0.39 is 0 Å². The molecule has 1 aromatic carbocycles. The molecule has 0 aliphatic carbocycles. The van der Waals surface area contributed by atoms with Crippen molar-refractivity contribution >= 4 is 0 Å². The summed E-state index contributed by atoms with van der Waals surface area (Å²) in [5.41, 5.74) is 5.81. The van der Waals surface area contributed by atoms with Crippen molar-refractivity contribution in [2.75, 3.05) is 6.67 Å². The molecule has 3 rings (SSSR count). The van der Waals surface area contributed by atoms with Gasteiger partial charge in [-0.2, -0.15) is 0 Å². The van der Waals surface area contributed by atoms with E-state index in [4.69, 9.17) is 10.5 Å². The van der Waals surface area contributed by atoms with Gasteiger partial charge in [0.2, 0.25) is 0 Å². The first kappa shape index (κ1) is 11.1. The second-order valence-electron chi connectivity index (χ2n) is 5.11. The molecule has 2 saturated heterocycles. The lowest BCUT2D eigenvalue weighted by molar-refractivity contribution is 0.0512. The summed E-state index contributed by atoms with van der Waals surface area (Å²) in [6, 6.07) is 11.4. The molecule has 2 bridgehead atoms. The van der Waals surface area contributed by atoms with Crippen LogP contribution >= 0.6 is 0 Å². The highest BCUT2D eigenvalue weighted by molar-refractivity contribution is 5.21. The molecule has 2 N–H and O–H groups in total. The maximum atomic E-state index is 6.06. The summed E-state index contributed by atoms with van der Waals surface area (Å²) >= 11 is 0. The van der Waals surface area contributed by atoms with Gasteiger partial charge in [-0.1, -0.05) is 18.2 Å². The number of nitrogens with zero attached hydrogens (tertiary/aromatic N) is 1. The van der Waals surface area contributed by atoms with Crippen molar-refractivity contribution in [2.45, 2.75) is 43.9 Å². The maximum absolute atomic E-state index is 6.06. The van der Waals surface area contributed by atoms with Crippen LogP contribution in [0.25, 0.3) is 0 Å². The van der Waals surface area contributed by atoms with Crippen LogP contribution in [0.5, 0.6) is 5.75 Å². The molecule has 3 heteroatoms. The average molecular weight is 232 g/mol. The molecule has 92 valence electrons. The highest BCUT2D eigenvalue weighted by Gasteiger charge is 2.40. The van der Waals surface area contributed by atoms with Crippen LogP contribution in [-0.4, -0.2) is 29.8 Å². The van der Waals surface area contributed by atoms with Crippen molar-refractivity contribution in [3.05, 3.63) is 30.3 Å². The number of fused-ring (bicyclic) bond motifs is 2. The fraction of sp³-hybridized carbons (Fsp3) is 0.571. The van der Waals surface area contributed by atoms with Gasteiger partial charge in [-0.05, 0) is 37.8 Å². The molecule has 1 aromatic rings. The number of nitrogens with two attached hydrogens (primary N) is 1. The van der Waals surface area contributed by atoms with Crippen LogP contribution in [0.1, 0.15) is 25.7 Å². The topological polar surface area (TPSA) is 38.5 Å². The van der Waals surface area contributed by atoms with E-state index in [2.05, 4.69) is 4.90 Å². The van der Waals surface area contributed by atoms with Crippen molar-refractivity contribution in [3.63, 3.8) is 0 Å². The molecule has 0 spiro atoms. The quantitative estimate of drug-likeness (QED) is 0.866. The molecule has 0 amide bonds. The molecule has 2 fully saturated rings. The molecule has 3 nitrogen and oxygen atoms in total. The van der Waals surface area contributed by atoms with Crippen molar-refractivity contribution < 1.29 is 4.74 Å². The third-order valence-corrected chi connectivity index (χ3v) is 4.10. The molecule has 0 saturated carbocycles. The van der Waals surface area contributed by atoms with Crippen LogP contribution in [0.4, 0.5) is 0 Å². The van der Waals surface area contributed by atoms with E-state index in [1.807, 2.05) is 30.3 Å². The van der Waals surface area contributed by atoms with E-state index in [0.29, 0.717) is 24.9 Å². The van der Waals surface area contributed by atoms with Gasteiger partial charge in [-0.25, -0.2) is 0 Å². The summed E-state index contributed by atoms with van der Waals surface area (Å²) in [6.07, 6.45) is 5.20. The number of benzene rings is 1. The molecule has 0 radical (unpaired) electrons. The van der Waals surface area contributed by atoms with Gasteiger partial charge in [-0.15, -0.1) is 0 Å². The van der Waals surface area contributed by atoms with Crippen molar-refractivity contribution in [1.82, 2.24) is 4.90 Å². The predicted octanol–water partition coefficient (Wildman–Crippen LogP) is 1.98. The fourth-order valence-corrected chi connectivity index (χ4v) is 3.31. The van der Waals surface area contributed by atoms with E-state index >= 15 is 0 Å². The highest BCUT2D eigenvalue weighted by atomic mass is 16.5. The van der Waals surface area contributed by atoms with Gasteiger partial charge < -0.3 is 10.5 Å². The molecule has 3 atom stereocenters. The summed E-state index contributed by atoms with van der Waals surface area (Å²) in [7, 11) is 0. The molecular formula is C14H20N2O. The van der Waals surface area contributed by atoms with Gasteiger partial charge in [0.1, 0.15) is 11.9 Å². The minimum atomic E-state index is 0.373. The Labute approximate surface area is 103 Å². The van der Waals surface area contributed by atoms with Crippen molar-refractivity contribution in [2.24, 2.45) is 5.73 Å². The normalized spacial score (nSPS) is 32.6. The Morgan fingerprint density at radius 2 is 1.76 bits per heavy atom. The molecule has 17 heavy (non-hydrogen) atoms. The fourth-order valence-electron chi connectivity index (χ4n) is 3.31. The molecule has 2 heterocycles. The van der Waals surface area contributed by atoms with Gasteiger partial charge in [0.05, 0.1) is 0 Å². The lowest BCUT2D eigenvalue weighted by Gasteiger charge is -2.37. The first-order valence-corrected chi connectivity index (χ1v) is 6.54. The summed E-state index contributed by atoms with van der Waals surface area (Å²) in [5, 5.41) is 0. The smallest absolute Gasteiger partial charge is 0.119 e. The van der Waals surface area contributed by atoms with Crippen LogP contribution in [0, 0.1) is 0 Å². The Bertz CT molecular complexity index is 354. The van der Waals surface area contributed by atoms with Crippen LogP contribution < -0.4 is 10.5 Å². The largest absolute Gasteiger partial charge is 0.490 e. The lowest BCUT2D eigenvalue weighted by Crippen LogP contribution is -2.48. The molecule has 2 aliphatic rings. The number of piperidine rings is 1. The van der Waals surface area contributed by atoms with Gasteiger partial charge in [-0.3, -0.25) is 4.90 Å². The van der Waals surface area contributed by atoms with E-state index in [0.717, 1.165) is 18.6 Å². The summed E-state index contributed by atoms with van der Waals surface area (Å²) in [4.78, 5) is 2.45. The second-order valence-corrected chi connectivity index (χ2v) is 5.11. The molecule has 2 aliphatic heterocycles. The van der Waals surface area contributed by atoms with Crippen LogP contribution in [0.15, 0.2) is 30.3 Å². The van der Waals surface area contributed by atoms with Crippen LogP contribution in [0.2, 0.25) is 0 Å². The van der Waals surface area contributed by atoms with E-state index in [1.54, 1.807) is 0 Å². The summed E-state index contributed by atoms with van der Waals surface area (Å²) in [5.74, 6) is 0.998. The minimum Gasteiger partial charge on any atom is -0.490 e. The number of hydrogen-bond acceptors (Lipinski definition) is 3. The zero-order chi connectivity index (χ0) is 11.7. The van der Waals surface area contributed by atoms with E-state index in [9.17, 15) is 0 Å². The van der Waals surface area contributed by atoms with E-state index in [1.165, 1.54) is 12.8 Å². The standard InChI is InChI=1S/C14H20N2O/c15-10-16-11-6-7-12(16)9-14(8-11)17-13-4-2-1-3-5-13/h1-5,11-12,14H,6-10,15H2/t11-,12+,14+. The number of ether oxygens (including phenoxy) is 1. The molecule has 0 unspecified atom stereocenters. The molecular weight excluding hydrogens is 212 g/mol. The van der Waals surface area contributed by atoms with Gasteiger partial charge in [0.15, 0.2) is 0 Å². The number of para-hydroxylation sites is 1. The van der Waals surface area contributed by atoms with Crippen LogP contribution in [-0.2, 0) is 0 Å². The summed E-state index contributed by atoms with van der Waals surface area (Å²) < 4.78 is 6.06. The first-order chi connectivity index (χ1) is 8.36. The average Bonchev–Trinajstić information content (AvgIpc) is 2.61. The van der Waals surface area contributed by atoms with Crippen LogP contribution in [0.3, 0.4) is 0 Å². The third-order valence-electron chi connectivity index (χ3n) is 4.10. The van der Waals surface area contributed by atoms with Crippen molar-refractivity contribution in [3.8, 4) is 5.75 Å². The SMILES string of the molecule is NCN1[C@@H]2CC[C@H]1C[C@@H](Oc1ccccc1)C2. The second kappa shape index (κ2) is 4.67. The zero-order valence-corrected chi connectivity index (χ0v) is 10.1. The number of hydrogen-bond donors (Lipinski definition) is 1. The Balaban J connectivity index is 1.65. The van der Waals surface area contributed by atoms with Gasteiger partial charge in [0, 0.05) is 18.8 Å². The predicted molar refractivity (Wildman–Crippen MR) is 67.8 cm³/mol. The molecule has 0 aromatic heterocycles.